The highest BCUT2D eigenvalue weighted by Gasteiger charge is 2.36. The normalized spacial score (nSPS) is 21.8. The first kappa shape index (κ1) is 17.5. The molecule has 1 heterocycles. The number of nitrogens with zero attached hydrogens (tertiary/aromatic N) is 1. The Morgan fingerprint density at radius 3 is 2.44 bits per heavy atom. The highest BCUT2D eigenvalue weighted by Crippen LogP contribution is 2.31. The minimum atomic E-state index is -0.688. The molecule has 4 heteroatoms. The van der Waals surface area contributed by atoms with Crippen molar-refractivity contribution in [1.29, 1.82) is 0 Å². The summed E-state index contributed by atoms with van der Waals surface area (Å²) < 4.78 is 5.83. The van der Waals surface area contributed by atoms with Crippen molar-refractivity contribution in [3.05, 3.63) is 65.7 Å². The quantitative estimate of drug-likeness (QED) is 0.865. The number of benzene rings is 2. The van der Waals surface area contributed by atoms with Gasteiger partial charge in [-0.3, -0.25) is 9.69 Å². The van der Waals surface area contributed by atoms with Gasteiger partial charge in [0.05, 0.1) is 5.92 Å². The third-order valence-corrected chi connectivity index (χ3v) is 5.12. The summed E-state index contributed by atoms with van der Waals surface area (Å²) in [6.45, 7) is 6.15. The molecule has 25 heavy (non-hydrogen) atoms. The number of hydrogen-bond donors (Lipinski definition) is 1. The Balaban J connectivity index is 1.59. The second-order valence-corrected chi connectivity index (χ2v) is 6.90. The van der Waals surface area contributed by atoms with Crippen LogP contribution in [0.1, 0.15) is 31.0 Å². The average Bonchev–Trinajstić information content (AvgIpc) is 3.03. The molecular formula is C21H25NO3. The first-order valence-electron chi connectivity index (χ1n) is 8.78. The van der Waals surface area contributed by atoms with Gasteiger partial charge in [-0.2, -0.15) is 0 Å². The lowest BCUT2D eigenvalue weighted by molar-refractivity contribution is -0.142. The lowest BCUT2D eigenvalue weighted by Crippen LogP contribution is -2.26. The molecule has 0 radical (unpaired) electrons. The summed E-state index contributed by atoms with van der Waals surface area (Å²) in [6.07, 6.45) is 0. The molecule has 1 N–H and O–H groups in total. The van der Waals surface area contributed by atoms with E-state index in [1.807, 2.05) is 49.4 Å². The maximum atomic E-state index is 11.3. The van der Waals surface area contributed by atoms with E-state index < -0.39 is 5.97 Å². The van der Waals surface area contributed by atoms with Crippen LogP contribution in [-0.4, -0.2) is 29.1 Å². The first-order valence-corrected chi connectivity index (χ1v) is 8.78. The fourth-order valence-corrected chi connectivity index (χ4v) is 3.44. The number of hydrogen-bond acceptors (Lipinski definition) is 3. The molecule has 1 fully saturated rings. The van der Waals surface area contributed by atoms with Crippen molar-refractivity contribution in [3.8, 4) is 5.75 Å². The predicted octanol–water partition coefficient (Wildman–Crippen LogP) is 3.98. The van der Waals surface area contributed by atoms with E-state index in [2.05, 4.69) is 24.0 Å². The number of ether oxygens (including phenoxy) is 1. The molecule has 0 amide bonds. The van der Waals surface area contributed by atoms with E-state index in [-0.39, 0.29) is 17.9 Å². The van der Waals surface area contributed by atoms with Crippen molar-refractivity contribution in [2.75, 3.05) is 13.1 Å². The maximum absolute atomic E-state index is 11.3. The highest BCUT2D eigenvalue weighted by atomic mass is 16.5. The zero-order chi connectivity index (χ0) is 17.8. The van der Waals surface area contributed by atoms with Gasteiger partial charge in [0.2, 0.25) is 0 Å². The molecule has 0 bridgehead atoms. The molecule has 3 rings (SSSR count). The lowest BCUT2D eigenvalue weighted by Gasteiger charge is -2.24. The van der Waals surface area contributed by atoms with E-state index >= 15 is 0 Å². The summed E-state index contributed by atoms with van der Waals surface area (Å²) in [5.41, 5.74) is 2.33. The molecule has 3 unspecified atom stereocenters. The van der Waals surface area contributed by atoms with Crippen molar-refractivity contribution in [2.24, 2.45) is 11.8 Å². The number of carbonyl (C=O) groups is 1. The zero-order valence-electron chi connectivity index (χ0n) is 14.8. The van der Waals surface area contributed by atoms with Gasteiger partial charge >= 0.3 is 5.97 Å². The molecule has 4 nitrogen and oxygen atoms in total. The lowest BCUT2D eigenvalue weighted by atomic mass is 9.99. The topological polar surface area (TPSA) is 49.8 Å². The molecule has 1 saturated heterocycles. The van der Waals surface area contributed by atoms with E-state index in [0.29, 0.717) is 13.2 Å². The van der Waals surface area contributed by atoms with Crippen LogP contribution in [0.5, 0.6) is 5.75 Å². The van der Waals surface area contributed by atoms with Gasteiger partial charge in [0.1, 0.15) is 12.4 Å². The number of rotatable bonds is 6. The third kappa shape index (κ3) is 4.20. The molecule has 2 aromatic rings. The van der Waals surface area contributed by atoms with Crippen LogP contribution in [0.15, 0.2) is 54.6 Å². The molecule has 0 saturated carbocycles. The van der Waals surface area contributed by atoms with Crippen LogP contribution in [0, 0.1) is 11.8 Å². The first-order chi connectivity index (χ1) is 12.0. The van der Waals surface area contributed by atoms with Gasteiger partial charge < -0.3 is 9.84 Å². The molecule has 0 aliphatic carbocycles. The van der Waals surface area contributed by atoms with Crippen LogP contribution in [0.4, 0.5) is 0 Å². The third-order valence-electron chi connectivity index (χ3n) is 5.12. The van der Waals surface area contributed by atoms with Crippen molar-refractivity contribution in [2.45, 2.75) is 26.5 Å². The Hall–Kier alpha value is -2.33. The van der Waals surface area contributed by atoms with E-state index in [9.17, 15) is 9.90 Å². The summed E-state index contributed by atoms with van der Waals surface area (Å²) in [4.78, 5) is 13.6. The minimum Gasteiger partial charge on any atom is -0.489 e. The fourth-order valence-electron chi connectivity index (χ4n) is 3.44. The Labute approximate surface area is 149 Å². The second kappa shape index (κ2) is 7.70. The molecule has 0 spiro atoms. The monoisotopic (exact) mass is 339 g/mol. The molecule has 2 aromatic carbocycles. The summed E-state index contributed by atoms with van der Waals surface area (Å²) in [7, 11) is 0. The number of likely N-dealkylation sites (tertiary alicyclic amines) is 1. The zero-order valence-corrected chi connectivity index (χ0v) is 14.8. The van der Waals surface area contributed by atoms with Crippen LogP contribution in [0.25, 0.3) is 0 Å². The van der Waals surface area contributed by atoms with Gasteiger partial charge in [-0.1, -0.05) is 49.4 Å². The summed E-state index contributed by atoms with van der Waals surface area (Å²) >= 11 is 0. The Bertz CT molecular complexity index is 699. The molecular weight excluding hydrogens is 314 g/mol. The van der Waals surface area contributed by atoms with Gasteiger partial charge in [0, 0.05) is 19.1 Å². The van der Waals surface area contributed by atoms with Crippen molar-refractivity contribution in [3.63, 3.8) is 0 Å². The fraction of sp³-hybridized carbons (Fsp3) is 0.381. The number of carboxylic acids is 1. The van der Waals surface area contributed by atoms with Gasteiger partial charge in [-0.15, -0.1) is 0 Å². The van der Waals surface area contributed by atoms with E-state index in [1.54, 1.807) is 0 Å². The molecule has 132 valence electrons. The Morgan fingerprint density at radius 1 is 1.16 bits per heavy atom. The molecule has 1 aliphatic heterocycles. The van der Waals surface area contributed by atoms with E-state index in [0.717, 1.165) is 17.9 Å². The Morgan fingerprint density at radius 2 is 1.84 bits per heavy atom. The van der Waals surface area contributed by atoms with Gasteiger partial charge in [0.15, 0.2) is 0 Å². The van der Waals surface area contributed by atoms with Gasteiger partial charge in [0.25, 0.3) is 0 Å². The van der Waals surface area contributed by atoms with Crippen molar-refractivity contribution < 1.29 is 14.6 Å². The minimum absolute atomic E-state index is 0.188. The average molecular weight is 339 g/mol. The standard InChI is InChI=1S/C21H25NO3/c1-15-12-22(13-20(15)21(23)24)16(2)18-8-10-19(11-9-18)25-14-17-6-4-3-5-7-17/h3-11,15-16,20H,12-14H2,1-2H3,(H,23,24). The van der Waals surface area contributed by atoms with E-state index in [4.69, 9.17) is 4.74 Å². The van der Waals surface area contributed by atoms with E-state index in [1.165, 1.54) is 5.56 Å². The van der Waals surface area contributed by atoms with Gasteiger partial charge in [-0.25, -0.2) is 0 Å². The van der Waals surface area contributed by atoms with Crippen LogP contribution >= 0.6 is 0 Å². The smallest absolute Gasteiger partial charge is 0.308 e. The summed E-state index contributed by atoms with van der Waals surface area (Å²) in [5, 5.41) is 9.30. The molecule has 3 atom stereocenters. The SMILES string of the molecule is CC1CN(C(C)c2ccc(OCc3ccccc3)cc2)CC1C(=O)O. The largest absolute Gasteiger partial charge is 0.489 e. The predicted molar refractivity (Wildman–Crippen MR) is 97.5 cm³/mol. The Kier molecular flexibility index (Phi) is 5.39. The van der Waals surface area contributed by atoms with Crippen LogP contribution in [0.3, 0.4) is 0 Å². The number of carboxylic acid groups (broad SMARTS) is 1. The maximum Gasteiger partial charge on any atom is 0.308 e. The highest BCUT2D eigenvalue weighted by molar-refractivity contribution is 5.71. The molecule has 0 aromatic heterocycles. The van der Waals surface area contributed by atoms with Crippen LogP contribution < -0.4 is 4.74 Å². The number of aliphatic carboxylic acids is 1. The summed E-state index contributed by atoms with van der Waals surface area (Å²) in [6, 6.07) is 18.4. The van der Waals surface area contributed by atoms with Crippen LogP contribution in [-0.2, 0) is 11.4 Å². The van der Waals surface area contributed by atoms with Gasteiger partial charge in [-0.05, 0) is 36.1 Å². The summed E-state index contributed by atoms with van der Waals surface area (Å²) in [5.74, 6) is 0.0780. The van der Waals surface area contributed by atoms with Crippen molar-refractivity contribution >= 4 is 5.97 Å². The second-order valence-electron chi connectivity index (χ2n) is 6.90. The van der Waals surface area contributed by atoms with Crippen molar-refractivity contribution in [1.82, 2.24) is 4.90 Å². The van der Waals surface area contributed by atoms with Crippen LogP contribution in [0.2, 0.25) is 0 Å². The molecule has 1 aliphatic rings.